The van der Waals surface area contributed by atoms with E-state index >= 15 is 0 Å². The highest BCUT2D eigenvalue weighted by atomic mass is 16.5. The number of esters is 1. The number of ether oxygens (including phenoxy) is 1. The van der Waals surface area contributed by atoms with Crippen molar-refractivity contribution in [3.8, 4) is 0 Å². The summed E-state index contributed by atoms with van der Waals surface area (Å²) in [5.74, 6) is -1.20. The van der Waals surface area contributed by atoms with E-state index in [1.165, 1.54) is 7.11 Å². The number of anilines is 2. The summed E-state index contributed by atoms with van der Waals surface area (Å²) < 4.78 is 4.73. The molecule has 0 radical (unpaired) electrons. The van der Waals surface area contributed by atoms with Crippen LogP contribution in [0.1, 0.15) is 34.8 Å². The molecular formula is C22H24N2O4. The molecule has 6 heteroatoms. The number of methoxy groups -OCH3 is 1. The molecule has 1 heterocycles. The number of benzene rings is 2. The van der Waals surface area contributed by atoms with Gasteiger partial charge in [-0.3, -0.25) is 9.59 Å². The molecule has 1 saturated heterocycles. The fourth-order valence-electron chi connectivity index (χ4n) is 3.31. The maximum absolute atomic E-state index is 12.8. The van der Waals surface area contributed by atoms with Crippen molar-refractivity contribution in [3.05, 3.63) is 59.2 Å². The molecule has 146 valence electrons. The molecule has 1 aliphatic heterocycles. The molecule has 0 aliphatic carbocycles. The van der Waals surface area contributed by atoms with Crippen LogP contribution in [0.2, 0.25) is 0 Å². The lowest BCUT2D eigenvalue weighted by Gasteiger charge is -2.18. The Labute approximate surface area is 164 Å². The predicted molar refractivity (Wildman–Crippen MR) is 107 cm³/mol. The molecule has 2 amide bonds. The first-order chi connectivity index (χ1) is 13.4. The van der Waals surface area contributed by atoms with Gasteiger partial charge in [0.25, 0.3) is 0 Å². The van der Waals surface area contributed by atoms with E-state index in [2.05, 4.69) is 12.2 Å². The van der Waals surface area contributed by atoms with E-state index in [1.807, 2.05) is 31.2 Å². The van der Waals surface area contributed by atoms with Gasteiger partial charge in [0.2, 0.25) is 11.8 Å². The van der Waals surface area contributed by atoms with E-state index in [1.54, 1.807) is 23.1 Å². The maximum atomic E-state index is 12.8. The Bertz CT molecular complexity index is 923. The van der Waals surface area contributed by atoms with Crippen LogP contribution >= 0.6 is 0 Å². The number of aryl methyl sites for hydroxylation is 2. The van der Waals surface area contributed by atoms with Gasteiger partial charge in [-0.1, -0.05) is 25.1 Å². The van der Waals surface area contributed by atoms with Crippen LogP contribution in [0.4, 0.5) is 11.4 Å². The average Bonchev–Trinajstić information content (AvgIpc) is 3.11. The molecule has 3 rings (SSSR count). The van der Waals surface area contributed by atoms with Gasteiger partial charge in [0.15, 0.2) is 0 Å². The van der Waals surface area contributed by atoms with Crippen LogP contribution in [0.25, 0.3) is 0 Å². The summed E-state index contributed by atoms with van der Waals surface area (Å²) in [5, 5.41) is 2.86. The van der Waals surface area contributed by atoms with Gasteiger partial charge in [-0.15, -0.1) is 0 Å². The molecule has 28 heavy (non-hydrogen) atoms. The summed E-state index contributed by atoms with van der Waals surface area (Å²) in [6.45, 7) is 4.25. The van der Waals surface area contributed by atoms with Gasteiger partial charge in [0.05, 0.1) is 18.6 Å². The number of hydrogen-bond donors (Lipinski definition) is 1. The van der Waals surface area contributed by atoms with Gasteiger partial charge in [0, 0.05) is 24.3 Å². The second-order valence-electron chi connectivity index (χ2n) is 6.94. The monoisotopic (exact) mass is 380 g/mol. The van der Waals surface area contributed by atoms with Crippen LogP contribution in [-0.2, 0) is 20.7 Å². The Hall–Kier alpha value is -3.15. The highest BCUT2D eigenvalue weighted by molar-refractivity contribution is 6.04. The van der Waals surface area contributed by atoms with Crippen molar-refractivity contribution < 1.29 is 19.1 Å². The minimum Gasteiger partial charge on any atom is -0.465 e. The van der Waals surface area contributed by atoms with E-state index in [0.29, 0.717) is 17.8 Å². The van der Waals surface area contributed by atoms with Gasteiger partial charge in [-0.2, -0.15) is 0 Å². The minimum atomic E-state index is -0.464. The summed E-state index contributed by atoms with van der Waals surface area (Å²) >= 11 is 0. The Kier molecular flexibility index (Phi) is 5.78. The molecule has 0 spiro atoms. The molecule has 1 aliphatic rings. The maximum Gasteiger partial charge on any atom is 0.337 e. The van der Waals surface area contributed by atoms with E-state index in [-0.39, 0.29) is 18.2 Å². The summed E-state index contributed by atoms with van der Waals surface area (Å²) in [5.41, 5.74) is 3.71. The van der Waals surface area contributed by atoms with E-state index < -0.39 is 11.9 Å². The van der Waals surface area contributed by atoms with Crippen molar-refractivity contribution in [2.24, 2.45) is 5.92 Å². The lowest BCUT2D eigenvalue weighted by Crippen LogP contribution is -2.28. The largest absolute Gasteiger partial charge is 0.465 e. The first-order valence-corrected chi connectivity index (χ1v) is 9.32. The first-order valence-electron chi connectivity index (χ1n) is 9.32. The van der Waals surface area contributed by atoms with E-state index in [0.717, 1.165) is 23.2 Å². The third-order valence-electron chi connectivity index (χ3n) is 5.04. The Morgan fingerprint density at radius 1 is 1.21 bits per heavy atom. The van der Waals surface area contributed by atoms with Gasteiger partial charge < -0.3 is 15.0 Å². The number of amides is 2. The third kappa shape index (κ3) is 4.06. The second-order valence-corrected chi connectivity index (χ2v) is 6.94. The van der Waals surface area contributed by atoms with Crippen LogP contribution in [0.3, 0.4) is 0 Å². The highest BCUT2D eigenvalue weighted by Gasteiger charge is 2.35. The van der Waals surface area contributed by atoms with Gasteiger partial charge in [-0.25, -0.2) is 4.79 Å². The van der Waals surface area contributed by atoms with Crippen LogP contribution in [0, 0.1) is 12.8 Å². The van der Waals surface area contributed by atoms with Crippen molar-refractivity contribution in [3.63, 3.8) is 0 Å². The normalized spacial score (nSPS) is 16.2. The zero-order chi connectivity index (χ0) is 20.3. The molecule has 2 aromatic carbocycles. The quantitative estimate of drug-likeness (QED) is 0.808. The number of carbonyl (C=O) groups is 3. The summed E-state index contributed by atoms with van der Waals surface area (Å²) in [6, 6.07) is 12.8. The fraction of sp³-hybridized carbons (Fsp3) is 0.318. The molecule has 1 atom stereocenters. The van der Waals surface area contributed by atoms with Gasteiger partial charge in [-0.05, 0) is 48.7 Å². The van der Waals surface area contributed by atoms with Gasteiger partial charge >= 0.3 is 5.97 Å². The molecule has 0 saturated carbocycles. The lowest BCUT2D eigenvalue weighted by atomic mass is 10.1. The van der Waals surface area contributed by atoms with Crippen LogP contribution in [0.5, 0.6) is 0 Å². The molecule has 0 aromatic heterocycles. The second kappa shape index (κ2) is 8.25. The number of nitrogens with zero attached hydrogens (tertiary/aromatic N) is 1. The Morgan fingerprint density at radius 2 is 2.00 bits per heavy atom. The Morgan fingerprint density at radius 3 is 2.71 bits per heavy atom. The van der Waals surface area contributed by atoms with Crippen molar-refractivity contribution >= 4 is 29.2 Å². The Balaban J connectivity index is 1.74. The van der Waals surface area contributed by atoms with Gasteiger partial charge in [0.1, 0.15) is 0 Å². The summed E-state index contributed by atoms with van der Waals surface area (Å²) in [7, 11) is 1.31. The predicted octanol–water partition coefficient (Wildman–Crippen LogP) is 3.34. The summed E-state index contributed by atoms with van der Waals surface area (Å²) in [6.07, 6.45) is 1.05. The molecule has 2 aromatic rings. The van der Waals surface area contributed by atoms with Crippen LogP contribution in [0.15, 0.2) is 42.5 Å². The first kappa shape index (κ1) is 19.6. The number of carbonyl (C=O) groups excluding carboxylic acids is 3. The zero-order valence-corrected chi connectivity index (χ0v) is 16.3. The summed E-state index contributed by atoms with van der Waals surface area (Å²) in [4.78, 5) is 38.6. The average molecular weight is 380 g/mol. The third-order valence-corrected chi connectivity index (χ3v) is 5.04. The zero-order valence-electron chi connectivity index (χ0n) is 16.3. The van der Waals surface area contributed by atoms with E-state index in [9.17, 15) is 14.4 Å². The highest BCUT2D eigenvalue weighted by Crippen LogP contribution is 2.27. The van der Waals surface area contributed by atoms with Crippen molar-refractivity contribution in [1.29, 1.82) is 0 Å². The number of hydrogen-bond acceptors (Lipinski definition) is 4. The number of rotatable bonds is 5. The minimum absolute atomic E-state index is 0.0616. The molecule has 1 fully saturated rings. The molecule has 1 N–H and O–H groups in total. The van der Waals surface area contributed by atoms with E-state index in [4.69, 9.17) is 4.74 Å². The molecule has 0 unspecified atom stereocenters. The van der Waals surface area contributed by atoms with Crippen molar-refractivity contribution in [2.45, 2.75) is 26.7 Å². The molecular weight excluding hydrogens is 356 g/mol. The van der Waals surface area contributed by atoms with Crippen LogP contribution < -0.4 is 10.2 Å². The standard InChI is InChI=1S/C22H24N2O4/c1-4-15-6-5-7-18(10-15)24-13-17(12-20(24)25)21(26)23-19-11-16(22(27)28-3)9-8-14(19)2/h5-11,17H,4,12-13H2,1-3H3,(H,23,26)/t17-/m1/s1. The van der Waals surface area contributed by atoms with Crippen LogP contribution in [-0.4, -0.2) is 31.4 Å². The molecule has 6 nitrogen and oxygen atoms in total. The topological polar surface area (TPSA) is 75.7 Å². The smallest absolute Gasteiger partial charge is 0.337 e. The fourth-order valence-corrected chi connectivity index (χ4v) is 3.31. The number of nitrogens with one attached hydrogen (secondary N) is 1. The lowest BCUT2D eigenvalue weighted by molar-refractivity contribution is -0.122. The van der Waals surface area contributed by atoms with Crippen molar-refractivity contribution in [1.82, 2.24) is 0 Å². The SMILES string of the molecule is CCc1cccc(N2C[C@H](C(=O)Nc3cc(C(=O)OC)ccc3C)CC2=O)c1. The molecule has 0 bridgehead atoms. The van der Waals surface area contributed by atoms with Crippen molar-refractivity contribution in [2.75, 3.05) is 23.9 Å².